The minimum absolute atomic E-state index is 0.127. The highest BCUT2D eigenvalue weighted by Crippen LogP contribution is 2.44. The van der Waals surface area contributed by atoms with Crippen molar-refractivity contribution >= 4 is 12.0 Å². The molecule has 5 nitrogen and oxygen atoms in total. The van der Waals surface area contributed by atoms with Gasteiger partial charge >= 0.3 is 12.0 Å². The molecule has 0 saturated heterocycles. The molecule has 0 aromatic heterocycles. The second-order valence-electron chi connectivity index (χ2n) is 6.58. The number of nitrogens with zero attached hydrogens (tertiary/aromatic N) is 1. The zero-order valence-corrected chi connectivity index (χ0v) is 12.3. The molecular weight excluding hydrogens is 268 g/mol. The second-order valence-corrected chi connectivity index (χ2v) is 6.58. The van der Waals surface area contributed by atoms with Gasteiger partial charge in [-0.2, -0.15) is 0 Å². The number of hydrogen-bond donors (Lipinski definition) is 2. The van der Waals surface area contributed by atoms with Crippen LogP contribution in [0.2, 0.25) is 0 Å². The van der Waals surface area contributed by atoms with Crippen molar-refractivity contribution in [3.05, 3.63) is 35.4 Å². The third kappa shape index (κ3) is 2.48. The highest BCUT2D eigenvalue weighted by atomic mass is 16.4. The molecule has 1 aromatic carbocycles. The molecule has 3 rings (SSSR count). The highest BCUT2D eigenvalue weighted by molar-refractivity contribution is 5.85. The Morgan fingerprint density at radius 1 is 1.33 bits per heavy atom. The lowest BCUT2D eigenvalue weighted by molar-refractivity contribution is -0.142. The predicted molar refractivity (Wildman–Crippen MR) is 77.9 cm³/mol. The summed E-state index contributed by atoms with van der Waals surface area (Å²) in [5.41, 5.74) is 1.87. The third-order valence-corrected chi connectivity index (χ3v) is 4.59. The monoisotopic (exact) mass is 288 g/mol. The second kappa shape index (κ2) is 4.76. The van der Waals surface area contributed by atoms with Crippen LogP contribution in [0.25, 0.3) is 0 Å². The normalized spacial score (nSPS) is 25.9. The Labute approximate surface area is 123 Å². The van der Waals surface area contributed by atoms with E-state index in [4.69, 9.17) is 0 Å². The first-order valence-corrected chi connectivity index (χ1v) is 7.28. The molecule has 1 aliphatic heterocycles. The van der Waals surface area contributed by atoms with Crippen LogP contribution >= 0.6 is 0 Å². The van der Waals surface area contributed by atoms with E-state index in [0.717, 1.165) is 17.5 Å². The van der Waals surface area contributed by atoms with Gasteiger partial charge in [-0.05, 0) is 29.4 Å². The average Bonchev–Trinajstić information content (AvgIpc) is 3.03. The summed E-state index contributed by atoms with van der Waals surface area (Å²) in [7, 11) is 0. The van der Waals surface area contributed by atoms with E-state index in [1.807, 2.05) is 18.2 Å². The zero-order valence-electron chi connectivity index (χ0n) is 12.3. The fraction of sp³-hybridized carbons (Fsp3) is 0.500. The summed E-state index contributed by atoms with van der Waals surface area (Å²) >= 11 is 0. The Bertz CT molecular complexity index is 597. The van der Waals surface area contributed by atoms with Gasteiger partial charge < -0.3 is 15.3 Å². The van der Waals surface area contributed by atoms with E-state index in [9.17, 15) is 14.7 Å². The first-order valence-electron chi connectivity index (χ1n) is 7.28. The van der Waals surface area contributed by atoms with Gasteiger partial charge in [0.25, 0.3) is 0 Å². The number of benzene rings is 1. The van der Waals surface area contributed by atoms with Crippen molar-refractivity contribution in [2.24, 2.45) is 5.41 Å². The fourth-order valence-corrected chi connectivity index (χ4v) is 3.00. The van der Waals surface area contributed by atoms with E-state index in [-0.39, 0.29) is 17.5 Å². The van der Waals surface area contributed by atoms with Crippen LogP contribution < -0.4 is 5.32 Å². The molecule has 1 fully saturated rings. The van der Waals surface area contributed by atoms with Crippen molar-refractivity contribution in [3.8, 4) is 0 Å². The number of carboxylic acid groups (broad SMARTS) is 1. The first kappa shape index (κ1) is 13.9. The molecule has 0 bridgehead atoms. The average molecular weight is 288 g/mol. The Balaban J connectivity index is 1.82. The maximum atomic E-state index is 12.4. The molecule has 112 valence electrons. The number of nitrogens with one attached hydrogen (secondary N) is 1. The van der Waals surface area contributed by atoms with Crippen molar-refractivity contribution < 1.29 is 14.7 Å². The topological polar surface area (TPSA) is 69.6 Å². The van der Waals surface area contributed by atoms with Gasteiger partial charge in [-0.3, -0.25) is 0 Å². The van der Waals surface area contributed by atoms with Gasteiger partial charge in [0.2, 0.25) is 0 Å². The maximum Gasteiger partial charge on any atom is 0.331 e. The van der Waals surface area contributed by atoms with Gasteiger partial charge in [0, 0.05) is 12.6 Å². The number of urea groups is 1. The van der Waals surface area contributed by atoms with Crippen LogP contribution in [0, 0.1) is 5.41 Å². The van der Waals surface area contributed by atoms with E-state index < -0.39 is 12.0 Å². The SMILES string of the molecule is CC1(C)CC1NC(=O)N1CCc2ccccc2C1C(=O)O. The Hall–Kier alpha value is -2.04. The highest BCUT2D eigenvalue weighted by Gasteiger charge is 2.48. The summed E-state index contributed by atoms with van der Waals surface area (Å²) in [5.74, 6) is -0.979. The largest absolute Gasteiger partial charge is 0.479 e. The van der Waals surface area contributed by atoms with Crippen LogP contribution in [0.5, 0.6) is 0 Å². The van der Waals surface area contributed by atoms with E-state index in [2.05, 4.69) is 19.2 Å². The molecule has 21 heavy (non-hydrogen) atoms. The number of hydrogen-bond acceptors (Lipinski definition) is 2. The van der Waals surface area contributed by atoms with Gasteiger partial charge in [0.05, 0.1) is 0 Å². The lowest BCUT2D eigenvalue weighted by atomic mass is 9.93. The van der Waals surface area contributed by atoms with E-state index in [0.29, 0.717) is 13.0 Å². The lowest BCUT2D eigenvalue weighted by Gasteiger charge is -2.34. The number of carbonyl (C=O) groups excluding carboxylic acids is 1. The summed E-state index contributed by atoms with van der Waals surface area (Å²) in [6, 6.07) is 6.44. The Kier molecular flexibility index (Phi) is 3.15. The zero-order chi connectivity index (χ0) is 15.2. The molecule has 1 saturated carbocycles. The minimum atomic E-state index is -0.979. The quantitative estimate of drug-likeness (QED) is 0.876. The summed E-state index contributed by atoms with van der Waals surface area (Å²) in [4.78, 5) is 25.5. The van der Waals surface area contributed by atoms with Gasteiger partial charge in [0.1, 0.15) is 0 Å². The van der Waals surface area contributed by atoms with Crippen molar-refractivity contribution in [2.75, 3.05) is 6.54 Å². The van der Waals surface area contributed by atoms with Crippen molar-refractivity contribution in [3.63, 3.8) is 0 Å². The lowest BCUT2D eigenvalue weighted by Crippen LogP contribution is -2.49. The molecule has 2 aliphatic rings. The first-order chi connectivity index (χ1) is 9.90. The smallest absolute Gasteiger partial charge is 0.331 e. The molecule has 0 radical (unpaired) electrons. The summed E-state index contributed by atoms with van der Waals surface area (Å²) in [6.45, 7) is 4.63. The number of fused-ring (bicyclic) bond motifs is 1. The van der Waals surface area contributed by atoms with Crippen LogP contribution in [0.15, 0.2) is 24.3 Å². The number of aliphatic carboxylic acids is 1. The fourth-order valence-electron chi connectivity index (χ4n) is 3.00. The van der Waals surface area contributed by atoms with Crippen molar-refractivity contribution in [1.82, 2.24) is 10.2 Å². The van der Waals surface area contributed by atoms with Gasteiger partial charge in [-0.15, -0.1) is 0 Å². The summed E-state index contributed by atoms with van der Waals surface area (Å²) < 4.78 is 0. The van der Waals surface area contributed by atoms with Crippen molar-refractivity contribution in [1.29, 1.82) is 0 Å². The summed E-state index contributed by atoms with van der Waals surface area (Å²) in [6.07, 6.45) is 1.64. The van der Waals surface area contributed by atoms with Gasteiger partial charge in [-0.25, -0.2) is 9.59 Å². The van der Waals surface area contributed by atoms with E-state index in [1.165, 1.54) is 4.90 Å². The van der Waals surface area contributed by atoms with Crippen LogP contribution in [0.4, 0.5) is 4.79 Å². The Morgan fingerprint density at radius 2 is 2.00 bits per heavy atom. The van der Waals surface area contributed by atoms with E-state index in [1.54, 1.807) is 6.07 Å². The van der Waals surface area contributed by atoms with Crippen LogP contribution in [0.1, 0.15) is 37.4 Å². The molecule has 2 atom stereocenters. The molecule has 5 heteroatoms. The van der Waals surface area contributed by atoms with Gasteiger partial charge in [0.15, 0.2) is 6.04 Å². The predicted octanol–water partition coefficient (Wildman–Crippen LogP) is 2.18. The minimum Gasteiger partial charge on any atom is -0.479 e. The molecule has 2 unspecified atom stereocenters. The van der Waals surface area contributed by atoms with E-state index >= 15 is 0 Å². The van der Waals surface area contributed by atoms with Crippen LogP contribution in [-0.2, 0) is 11.2 Å². The number of carboxylic acids is 1. The molecule has 1 aromatic rings. The molecule has 1 aliphatic carbocycles. The standard InChI is InChI=1S/C16H20N2O3/c1-16(2)9-12(16)17-15(21)18-8-7-10-5-3-4-6-11(10)13(18)14(19)20/h3-6,12-13H,7-9H2,1-2H3,(H,17,21)(H,19,20). The summed E-state index contributed by atoms with van der Waals surface area (Å²) in [5, 5.41) is 12.5. The molecule has 2 amide bonds. The van der Waals surface area contributed by atoms with Crippen LogP contribution in [-0.4, -0.2) is 34.6 Å². The third-order valence-electron chi connectivity index (χ3n) is 4.59. The molecule has 0 spiro atoms. The number of amides is 2. The molecule has 2 N–H and O–H groups in total. The maximum absolute atomic E-state index is 12.4. The number of rotatable bonds is 2. The number of carbonyl (C=O) groups is 2. The molecular formula is C16H20N2O3. The Morgan fingerprint density at radius 3 is 2.62 bits per heavy atom. The van der Waals surface area contributed by atoms with Gasteiger partial charge in [-0.1, -0.05) is 38.1 Å². The van der Waals surface area contributed by atoms with Crippen LogP contribution in [0.3, 0.4) is 0 Å². The van der Waals surface area contributed by atoms with Crippen molar-refractivity contribution in [2.45, 2.75) is 38.8 Å². The molecule has 1 heterocycles.